The molecular formula is C11H15F6N2P. The zero-order valence-electron chi connectivity index (χ0n) is 12.0. The van der Waals surface area contributed by atoms with Gasteiger partial charge in [-0.15, -0.1) is 0 Å². The monoisotopic (exact) mass is 320 g/mol. The van der Waals surface area contributed by atoms with E-state index in [-0.39, 0.29) is 1.43 Å². The van der Waals surface area contributed by atoms with Gasteiger partial charge in [0.1, 0.15) is 0 Å². The topological polar surface area (TPSA) is 15.6 Å². The molecule has 0 saturated heterocycles. The zero-order chi connectivity index (χ0) is 15.8. The quantitative estimate of drug-likeness (QED) is 0.416. The molecule has 116 valence electrons. The SMILES string of the molecule is CC1=Nc2ccccc2N(C)C1C.F[P-](F)(F)(F)(F)F.[H+]. The van der Waals surface area contributed by atoms with Gasteiger partial charge in [-0.3, -0.25) is 4.99 Å². The van der Waals surface area contributed by atoms with Gasteiger partial charge in [-0.25, -0.2) is 0 Å². The molecule has 0 saturated carbocycles. The predicted octanol–water partition coefficient (Wildman–Crippen LogP) is 6.11. The van der Waals surface area contributed by atoms with E-state index in [0.29, 0.717) is 6.04 Å². The summed E-state index contributed by atoms with van der Waals surface area (Å²) in [6.07, 6.45) is 0. The maximum Gasteiger partial charge on any atom is 1.00 e. The first kappa shape index (κ1) is 16.8. The van der Waals surface area contributed by atoms with Crippen molar-refractivity contribution >= 4 is 24.9 Å². The van der Waals surface area contributed by atoms with Crippen LogP contribution in [-0.2, 0) is 0 Å². The van der Waals surface area contributed by atoms with E-state index in [4.69, 9.17) is 0 Å². The Hall–Kier alpha value is -1.30. The summed E-state index contributed by atoms with van der Waals surface area (Å²) in [7, 11) is -8.54. The van der Waals surface area contributed by atoms with Crippen molar-refractivity contribution in [2.75, 3.05) is 11.9 Å². The minimum absolute atomic E-state index is 0. The average molecular weight is 320 g/mol. The Balaban J connectivity index is 0.000000436. The van der Waals surface area contributed by atoms with Crippen LogP contribution in [0.25, 0.3) is 0 Å². The molecule has 0 aliphatic carbocycles. The molecule has 1 aromatic rings. The molecule has 1 heterocycles. The van der Waals surface area contributed by atoms with Crippen molar-refractivity contribution in [1.29, 1.82) is 0 Å². The fourth-order valence-electron chi connectivity index (χ4n) is 1.63. The van der Waals surface area contributed by atoms with Gasteiger partial charge in [-0.1, -0.05) is 12.1 Å². The second-order valence-electron chi connectivity index (χ2n) is 4.49. The van der Waals surface area contributed by atoms with Gasteiger partial charge in [0.25, 0.3) is 0 Å². The van der Waals surface area contributed by atoms with E-state index in [2.05, 4.69) is 49.0 Å². The molecule has 0 spiro atoms. The minimum atomic E-state index is -10.7. The maximum absolute atomic E-state index is 10.7. The molecule has 20 heavy (non-hydrogen) atoms. The van der Waals surface area contributed by atoms with Crippen LogP contribution in [0.1, 0.15) is 15.3 Å². The molecular weight excluding hydrogens is 305 g/mol. The van der Waals surface area contributed by atoms with E-state index in [1.165, 1.54) is 11.4 Å². The molecule has 0 N–H and O–H groups in total. The molecule has 0 bridgehead atoms. The Labute approximate surface area is 113 Å². The number of rotatable bonds is 0. The molecule has 0 amide bonds. The van der Waals surface area contributed by atoms with Crippen LogP contribution in [-0.4, -0.2) is 18.8 Å². The number of nitrogens with zero attached hydrogens (tertiary/aromatic N) is 2. The van der Waals surface area contributed by atoms with Crippen LogP contribution in [0.4, 0.5) is 36.6 Å². The van der Waals surface area contributed by atoms with Gasteiger partial charge in [0.05, 0.1) is 17.4 Å². The molecule has 2 rings (SSSR count). The number of hydrogen-bond acceptors (Lipinski definition) is 2. The number of benzene rings is 1. The van der Waals surface area contributed by atoms with Crippen molar-refractivity contribution < 1.29 is 26.6 Å². The summed E-state index contributed by atoms with van der Waals surface area (Å²) in [5, 5.41) is 0. The molecule has 0 aromatic heterocycles. The van der Waals surface area contributed by atoms with Crippen molar-refractivity contribution in [2.24, 2.45) is 4.99 Å². The van der Waals surface area contributed by atoms with Crippen molar-refractivity contribution in [3.05, 3.63) is 24.3 Å². The van der Waals surface area contributed by atoms with Gasteiger partial charge >= 0.3 is 34.4 Å². The molecule has 1 unspecified atom stereocenters. The van der Waals surface area contributed by atoms with Crippen LogP contribution in [0.15, 0.2) is 29.3 Å². The van der Waals surface area contributed by atoms with Gasteiger partial charge < -0.3 is 4.90 Å². The molecule has 2 nitrogen and oxygen atoms in total. The van der Waals surface area contributed by atoms with Crippen molar-refractivity contribution in [3.8, 4) is 0 Å². The van der Waals surface area contributed by atoms with Gasteiger partial charge in [0.2, 0.25) is 0 Å². The first-order chi connectivity index (χ1) is 8.65. The van der Waals surface area contributed by atoms with E-state index in [0.717, 1.165) is 5.69 Å². The second kappa shape index (κ2) is 4.35. The van der Waals surface area contributed by atoms with E-state index >= 15 is 0 Å². The molecule has 0 fully saturated rings. The first-order valence-corrected chi connectivity index (χ1v) is 7.61. The van der Waals surface area contributed by atoms with Crippen molar-refractivity contribution in [1.82, 2.24) is 0 Å². The molecule has 9 heteroatoms. The number of fused-ring (bicyclic) bond motifs is 1. The van der Waals surface area contributed by atoms with Crippen LogP contribution < -0.4 is 4.90 Å². The van der Waals surface area contributed by atoms with Crippen molar-refractivity contribution in [3.63, 3.8) is 0 Å². The Bertz CT molecular complexity index is 531. The largest absolute Gasteiger partial charge is 1.00 e. The van der Waals surface area contributed by atoms with E-state index < -0.39 is 7.81 Å². The summed E-state index contributed by atoms with van der Waals surface area (Å²) in [5.74, 6) is 0. The molecule has 1 aromatic carbocycles. The van der Waals surface area contributed by atoms with Crippen LogP contribution in [0.3, 0.4) is 0 Å². The van der Waals surface area contributed by atoms with Crippen LogP contribution in [0.2, 0.25) is 0 Å². The van der Waals surface area contributed by atoms with E-state index in [9.17, 15) is 25.2 Å². The minimum Gasteiger partial charge on any atom is 1.00 e. The molecule has 1 aliphatic heterocycles. The third-order valence-corrected chi connectivity index (χ3v) is 2.74. The number of hydrogen-bond donors (Lipinski definition) is 0. The van der Waals surface area contributed by atoms with Crippen LogP contribution in [0.5, 0.6) is 0 Å². The summed E-state index contributed by atoms with van der Waals surface area (Å²) in [6, 6.07) is 8.66. The average Bonchev–Trinajstić information content (AvgIpc) is 2.22. The molecule has 0 radical (unpaired) electrons. The number of para-hydroxylation sites is 2. The Morgan fingerprint density at radius 3 is 2.05 bits per heavy atom. The summed E-state index contributed by atoms with van der Waals surface area (Å²) >= 11 is 0. The summed E-state index contributed by atoms with van der Waals surface area (Å²) in [4.78, 5) is 6.81. The predicted molar refractivity (Wildman–Crippen MR) is 71.8 cm³/mol. The fraction of sp³-hybridized carbons (Fsp3) is 0.364. The Morgan fingerprint density at radius 1 is 1.10 bits per heavy atom. The summed E-state index contributed by atoms with van der Waals surface area (Å²) in [5.41, 5.74) is 3.49. The van der Waals surface area contributed by atoms with Gasteiger partial charge in [0, 0.05) is 12.8 Å². The van der Waals surface area contributed by atoms with E-state index in [1.807, 2.05) is 6.07 Å². The third-order valence-electron chi connectivity index (χ3n) is 2.74. The normalized spacial score (nSPS) is 21.8. The van der Waals surface area contributed by atoms with Gasteiger partial charge in [-0.05, 0) is 26.0 Å². The Morgan fingerprint density at radius 2 is 1.55 bits per heavy atom. The van der Waals surface area contributed by atoms with Crippen molar-refractivity contribution in [2.45, 2.75) is 19.9 Å². The third kappa shape index (κ3) is 6.23. The second-order valence-corrected chi connectivity index (χ2v) is 6.40. The fourth-order valence-corrected chi connectivity index (χ4v) is 1.63. The number of anilines is 1. The Kier molecular flexibility index (Phi) is 3.64. The van der Waals surface area contributed by atoms with Crippen LogP contribution in [0, 0.1) is 0 Å². The van der Waals surface area contributed by atoms with Crippen LogP contribution >= 0.6 is 7.81 Å². The smallest absolute Gasteiger partial charge is 1.00 e. The number of aliphatic imine (C=N–C) groups is 1. The standard InChI is InChI=1S/C11H14N2.F6P/c1-8-9(2)13(3)11-7-5-4-6-10(11)12-8;1-7(2,3,4,5)6/h4-7,9H,1-3H3;/q;-1/p+1. The maximum atomic E-state index is 9.87. The summed E-state index contributed by atoms with van der Waals surface area (Å²) < 4.78 is 59.2. The summed E-state index contributed by atoms with van der Waals surface area (Å²) in [6.45, 7) is 4.26. The molecule has 1 aliphatic rings. The molecule has 1 atom stereocenters. The zero-order valence-corrected chi connectivity index (χ0v) is 11.9. The van der Waals surface area contributed by atoms with E-state index in [1.54, 1.807) is 0 Å². The number of halogens is 6. The van der Waals surface area contributed by atoms with Gasteiger partial charge in [-0.2, -0.15) is 0 Å². The van der Waals surface area contributed by atoms with Gasteiger partial charge in [0.15, 0.2) is 0 Å². The first-order valence-electron chi connectivity index (χ1n) is 5.58.